The van der Waals surface area contributed by atoms with E-state index in [1.165, 1.54) is 9.80 Å². The average Bonchev–Trinajstić information content (AvgIpc) is 4.03. The first-order valence-corrected chi connectivity index (χ1v) is 23.9. The van der Waals surface area contributed by atoms with Gasteiger partial charge in [0.15, 0.2) is 0 Å². The Hall–Kier alpha value is -6.48. The number of nitrogens with zero attached hydrogens (tertiary/aromatic N) is 2. The quantitative estimate of drug-likeness (QED) is 0.0866. The number of carbonyl (C=O) groups excluding carboxylic acids is 4. The summed E-state index contributed by atoms with van der Waals surface area (Å²) in [6, 6.07) is 32.1. The molecule has 8 heteroatoms. The Labute approximate surface area is 380 Å². The van der Waals surface area contributed by atoms with E-state index in [4.69, 9.17) is 0 Å². The van der Waals surface area contributed by atoms with E-state index >= 15 is 19.2 Å². The molecule has 0 saturated carbocycles. The summed E-state index contributed by atoms with van der Waals surface area (Å²) in [5.74, 6) is -1.12. The fraction of sp³-hybridized carbons (Fsp3) is 0.214. The summed E-state index contributed by atoms with van der Waals surface area (Å²) in [5.41, 5.74) is 8.77. The molecule has 6 nitrogen and oxygen atoms in total. The molecule has 9 aromatic rings. The topological polar surface area (TPSA) is 74.8 Å². The standard InChI is InChI=1S/C56H46N2O4S2/c1-27(2)31-13-9-14-32(28(3)4)51(31)57-53(59)37-21-19-35-46-40(44-18-12-24-64-44)26-42-48-38(54(60)58(56(42)62)52-33(29(5)6)15-10-16-34(52)30(7)8)22-20-36(50(46)48)45-39(43-17-11-23-63-43)25-41(55(57)61)47(37)49(35)45/h9-30H,1-8H3. The number of thiophene rings is 2. The predicted molar refractivity (Wildman–Crippen MR) is 266 cm³/mol. The highest BCUT2D eigenvalue weighted by Gasteiger charge is 2.42. The highest BCUT2D eigenvalue weighted by molar-refractivity contribution is 7.14. The first-order valence-electron chi connectivity index (χ1n) is 22.2. The van der Waals surface area contributed by atoms with E-state index in [0.717, 1.165) is 75.5 Å². The molecule has 0 bridgehead atoms. The Balaban J connectivity index is 1.28. The zero-order valence-corrected chi connectivity index (χ0v) is 38.7. The van der Waals surface area contributed by atoms with Gasteiger partial charge >= 0.3 is 0 Å². The minimum absolute atomic E-state index is 0.0649. The van der Waals surface area contributed by atoms with Crippen LogP contribution in [0.15, 0.2) is 108 Å². The highest BCUT2D eigenvalue weighted by atomic mass is 32.1. The number of imide groups is 2. The second kappa shape index (κ2) is 14.5. The van der Waals surface area contributed by atoms with Crippen molar-refractivity contribution in [3.8, 4) is 20.9 Å². The molecule has 4 amide bonds. The van der Waals surface area contributed by atoms with Crippen LogP contribution in [-0.2, 0) is 0 Å². The summed E-state index contributed by atoms with van der Waals surface area (Å²) in [6.45, 7) is 16.8. The molecular formula is C56H46N2O4S2. The third-order valence-corrected chi connectivity index (χ3v) is 15.3. The Bertz CT molecular complexity index is 3200. The molecule has 0 N–H and O–H groups in total. The first-order chi connectivity index (χ1) is 30.8. The van der Waals surface area contributed by atoms with Crippen molar-refractivity contribution in [3.63, 3.8) is 0 Å². The number of para-hydroxylation sites is 2. The van der Waals surface area contributed by atoms with E-state index in [9.17, 15) is 0 Å². The molecule has 316 valence electrons. The number of benzene rings is 7. The van der Waals surface area contributed by atoms with Gasteiger partial charge < -0.3 is 0 Å². The Morgan fingerprint density at radius 3 is 1.02 bits per heavy atom. The molecule has 4 heterocycles. The van der Waals surface area contributed by atoms with Crippen molar-refractivity contribution >= 4 is 101 Å². The molecule has 0 fully saturated rings. The fourth-order valence-electron chi connectivity index (χ4n) is 10.7. The summed E-state index contributed by atoms with van der Waals surface area (Å²) in [6.07, 6.45) is 0. The maximum absolute atomic E-state index is 15.4. The van der Waals surface area contributed by atoms with E-state index in [0.29, 0.717) is 44.4 Å². The molecule has 0 radical (unpaired) electrons. The number of anilines is 2. The molecular weight excluding hydrogens is 829 g/mol. The van der Waals surface area contributed by atoms with Gasteiger partial charge in [-0.25, -0.2) is 9.80 Å². The highest BCUT2D eigenvalue weighted by Crippen LogP contribution is 2.54. The van der Waals surface area contributed by atoms with Crippen LogP contribution >= 0.6 is 22.7 Å². The summed E-state index contributed by atoms with van der Waals surface area (Å²) >= 11 is 3.18. The molecule has 7 aromatic carbocycles. The van der Waals surface area contributed by atoms with E-state index in [2.05, 4.69) is 67.5 Å². The van der Waals surface area contributed by atoms with E-state index in [-0.39, 0.29) is 47.3 Å². The van der Waals surface area contributed by atoms with Crippen LogP contribution in [0, 0.1) is 0 Å². The maximum Gasteiger partial charge on any atom is 0.266 e. The summed E-state index contributed by atoms with van der Waals surface area (Å²) in [7, 11) is 0. The van der Waals surface area contributed by atoms with Crippen LogP contribution < -0.4 is 9.80 Å². The maximum atomic E-state index is 15.4. The Morgan fingerprint density at radius 1 is 0.359 bits per heavy atom. The molecule has 0 saturated heterocycles. The van der Waals surface area contributed by atoms with Gasteiger partial charge in [0.25, 0.3) is 23.6 Å². The number of hydrogen-bond donors (Lipinski definition) is 0. The Kier molecular flexibility index (Phi) is 9.15. The lowest BCUT2D eigenvalue weighted by molar-refractivity contribution is 0.0877. The smallest absolute Gasteiger partial charge is 0.266 e. The van der Waals surface area contributed by atoms with Gasteiger partial charge in [-0.15, -0.1) is 22.7 Å². The predicted octanol–water partition coefficient (Wildman–Crippen LogP) is 15.3. The average molecular weight is 875 g/mol. The van der Waals surface area contributed by atoms with Crippen LogP contribution in [0.1, 0.15) is 143 Å². The van der Waals surface area contributed by atoms with Crippen LogP contribution in [0.3, 0.4) is 0 Å². The van der Waals surface area contributed by atoms with Gasteiger partial charge in [-0.3, -0.25) is 19.2 Å². The molecule has 0 unspecified atom stereocenters. The van der Waals surface area contributed by atoms with Gasteiger partial charge in [-0.05, 0) is 125 Å². The lowest BCUT2D eigenvalue weighted by atomic mass is 9.78. The number of hydrogen-bond acceptors (Lipinski definition) is 6. The molecule has 0 atom stereocenters. The second-order valence-corrected chi connectivity index (χ2v) is 20.4. The number of carbonyl (C=O) groups is 4. The monoisotopic (exact) mass is 874 g/mol. The zero-order chi connectivity index (χ0) is 44.6. The van der Waals surface area contributed by atoms with Gasteiger partial charge in [0.2, 0.25) is 0 Å². The lowest BCUT2D eigenvalue weighted by Gasteiger charge is -2.34. The van der Waals surface area contributed by atoms with Crippen LogP contribution in [-0.4, -0.2) is 23.6 Å². The van der Waals surface area contributed by atoms with Crippen LogP contribution in [0.5, 0.6) is 0 Å². The van der Waals surface area contributed by atoms with Crippen molar-refractivity contribution in [1.29, 1.82) is 0 Å². The summed E-state index contributed by atoms with van der Waals surface area (Å²) in [5, 5.41) is 10.5. The van der Waals surface area contributed by atoms with E-state index < -0.39 is 0 Å². The van der Waals surface area contributed by atoms with Gasteiger partial charge in [0.1, 0.15) is 0 Å². The van der Waals surface area contributed by atoms with Crippen LogP contribution in [0.2, 0.25) is 0 Å². The molecule has 64 heavy (non-hydrogen) atoms. The molecule has 0 aliphatic carbocycles. The zero-order valence-electron chi connectivity index (χ0n) is 37.0. The van der Waals surface area contributed by atoms with E-state index in [1.54, 1.807) is 22.7 Å². The first kappa shape index (κ1) is 40.3. The second-order valence-electron chi connectivity index (χ2n) is 18.5. The number of rotatable bonds is 8. The minimum atomic E-state index is -0.345. The molecule has 2 aliphatic heterocycles. The summed E-state index contributed by atoms with van der Waals surface area (Å²) in [4.78, 5) is 66.1. The number of fused-ring (bicyclic) bond motifs is 2. The SMILES string of the molecule is CC(C)c1cccc(C(C)C)c1N1C(=O)c2ccc3c4c(-c5cccs5)cc5c6c(ccc(c7c(-c8cccs8)cc(c2c37)C1=O)c64)C(=O)N(c1c(C(C)C)cccc1C(C)C)C5=O. The molecule has 0 spiro atoms. The minimum Gasteiger partial charge on any atom is -0.268 e. The molecule has 2 aliphatic rings. The van der Waals surface area contributed by atoms with Crippen LogP contribution in [0.4, 0.5) is 11.4 Å². The lowest BCUT2D eigenvalue weighted by Crippen LogP contribution is -2.42. The third-order valence-electron chi connectivity index (χ3n) is 13.5. The van der Waals surface area contributed by atoms with Crippen molar-refractivity contribution in [2.24, 2.45) is 0 Å². The van der Waals surface area contributed by atoms with Crippen molar-refractivity contribution in [2.45, 2.75) is 79.1 Å². The summed E-state index contributed by atoms with van der Waals surface area (Å²) < 4.78 is 0. The normalized spacial score (nSPS) is 14.2. The van der Waals surface area contributed by atoms with Gasteiger partial charge in [0, 0.05) is 53.9 Å². The van der Waals surface area contributed by atoms with Crippen molar-refractivity contribution in [2.75, 3.05) is 9.80 Å². The van der Waals surface area contributed by atoms with Gasteiger partial charge in [-0.2, -0.15) is 0 Å². The van der Waals surface area contributed by atoms with Crippen molar-refractivity contribution in [3.05, 3.63) is 152 Å². The van der Waals surface area contributed by atoms with Crippen molar-refractivity contribution in [1.82, 2.24) is 0 Å². The van der Waals surface area contributed by atoms with Crippen molar-refractivity contribution < 1.29 is 19.2 Å². The Morgan fingerprint density at radius 2 is 0.703 bits per heavy atom. The number of amides is 4. The largest absolute Gasteiger partial charge is 0.268 e. The van der Waals surface area contributed by atoms with Gasteiger partial charge in [-0.1, -0.05) is 116 Å². The third kappa shape index (κ3) is 5.48. The molecule has 11 rings (SSSR count). The van der Waals surface area contributed by atoms with Gasteiger partial charge in [0.05, 0.1) is 11.4 Å². The van der Waals surface area contributed by atoms with E-state index in [1.807, 2.05) is 95.7 Å². The fourth-order valence-corrected chi connectivity index (χ4v) is 12.2. The van der Waals surface area contributed by atoms with Crippen LogP contribution in [0.25, 0.3) is 64.0 Å². The molecule has 2 aromatic heterocycles.